The molecule has 0 saturated carbocycles. The van der Waals surface area contributed by atoms with E-state index in [9.17, 15) is 14.4 Å². The predicted molar refractivity (Wildman–Crippen MR) is 172 cm³/mol. The monoisotopic (exact) mass is 635 g/mol. The fourth-order valence-electron chi connectivity index (χ4n) is 3.84. The van der Waals surface area contributed by atoms with Gasteiger partial charge in [0.25, 0.3) is 11.8 Å². The maximum Gasteiger partial charge on any atom is 0.272 e. The minimum Gasteiger partial charge on any atom is -0.497 e. The Morgan fingerprint density at radius 2 is 1.63 bits per heavy atom. The number of carbonyl (C=O) groups excluding carboxylic acids is 3. The highest BCUT2D eigenvalue weighted by Crippen LogP contribution is 2.28. The van der Waals surface area contributed by atoms with Gasteiger partial charge in [0, 0.05) is 26.7 Å². The van der Waals surface area contributed by atoms with E-state index in [0.717, 1.165) is 4.90 Å². The molecule has 3 amide bonds. The summed E-state index contributed by atoms with van der Waals surface area (Å²) < 4.78 is 10.8. The van der Waals surface area contributed by atoms with Crippen LogP contribution in [0.15, 0.2) is 102 Å². The van der Waals surface area contributed by atoms with E-state index in [1.807, 2.05) is 6.07 Å². The first kappa shape index (κ1) is 31.5. The zero-order valence-corrected chi connectivity index (χ0v) is 25.5. The van der Waals surface area contributed by atoms with Crippen molar-refractivity contribution in [2.45, 2.75) is 4.90 Å². The van der Waals surface area contributed by atoms with Crippen LogP contribution in [0.25, 0.3) is 6.08 Å². The largest absolute Gasteiger partial charge is 0.497 e. The first-order valence-electron chi connectivity index (χ1n) is 12.8. The molecule has 0 aromatic heterocycles. The number of hydrogen-bond acceptors (Lipinski definition) is 6. The van der Waals surface area contributed by atoms with Crippen LogP contribution in [-0.2, 0) is 9.59 Å². The first-order valence-corrected chi connectivity index (χ1v) is 14.6. The second kappa shape index (κ2) is 15.2. The quantitative estimate of drug-likeness (QED) is 0.119. The maximum atomic E-state index is 13.5. The van der Waals surface area contributed by atoms with Crippen LogP contribution >= 0.6 is 35.0 Å². The fourth-order valence-corrected chi connectivity index (χ4v) is 5.05. The van der Waals surface area contributed by atoms with Gasteiger partial charge >= 0.3 is 0 Å². The van der Waals surface area contributed by atoms with Gasteiger partial charge < -0.3 is 25.4 Å². The molecule has 0 unspecified atom stereocenters. The Balaban J connectivity index is 1.51. The van der Waals surface area contributed by atoms with Crippen LogP contribution in [0.2, 0.25) is 10.0 Å². The summed E-state index contributed by atoms with van der Waals surface area (Å²) in [7, 11) is 3.04. The van der Waals surface area contributed by atoms with Crippen LogP contribution in [0.1, 0.15) is 15.9 Å². The molecule has 0 bridgehead atoms. The van der Waals surface area contributed by atoms with Crippen molar-refractivity contribution in [2.24, 2.45) is 0 Å². The van der Waals surface area contributed by atoms with Crippen LogP contribution in [0, 0.1) is 0 Å². The molecule has 4 rings (SSSR count). The van der Waals surface area contributed by atoms with E-state index in [4.69, 9.17) is 32.7 Å². The van der Waals surface area contributed by atoms with Crippen molar-refractivity contribution >= 4 is 70.1 Å². The van der Waals surface area contributed by atoms with Gasteiger partial charge in [-0.3, -0.25) is 14.4 Å². The van der Waals surface area contributed by atoms with Gasteiger partial charge in [0.2, 0.25) is 5.91 Å². The number of nitrogens with one attached hydrogen (secondary N) is 3. The lowest BCUT2D eigenvalue weighted by atomic mass is 10.1. The van der Waals surface area contributed by atoms with E-state index in [0.29, 0.717) is 44.0 Å². The third-order valence-corrected chi connectivity index (χ3v) is 7.47. The van der Waals surface area contributed by atoms with Crippen molar-refractivity contribution in [3.05, 3.63) is 118 Å². The van der Waals surface area contributed by atoms with Crippen LogP contribution in [0.5, 0.6) is 11.5 Å². The Morgan fingerprint density at radius 3 is 2.35 bits per heavy atom. The predicted octanol–water partition coefficient (Wildman–Crippen LogP) is 7.15. The highest BCUT2D eigenvalue weighted by Gasteiger charge is 2.17. The summed E-state index contributed by atoms with van der Waals surface area (Å²) in [4.78, 5) is 39.8. The number of benzene rings is 4. The van der Waals surface area contributed by atoms with Gasteiger partial charge in [0.15, 0.2) is 0 Å². The van der Waals surface area contributed by atoms with Gasteiger partial charge in [0.05, 0.1) is 30.7 Å². The number of rotatable bonds is 11. The molecule has 0 radical (unpaired) electrons. The van der Waals surface area contributed by atoms with Crippen molar-refractivity contribution in [1.29, 1.82) is 0 Å². The second-order valence-electron chi connectivity index (χ2n) is 8.93. The highest BCUT2D eigenvalue weighted by molar-refractivity contribution is 8.00. The molecule has 0 saturated heterocycles. The van der Waals surface area contributed by atoms with Crippen LogP contribution in [-0.4, -0.2) is 37.7 Å². The van der Waals surface area contributed by atoms with Gasteiger partial charge in [-0.15, -0.1) is 11.8 Å². The number of thioether (sulfide) groups is 1. The molecule has 11 heteroatoms. The van der Waals surface area contributed by atoms with Gasteiger partial charge in [0.1, 0.15) is 17.2 Å². The average Bonchev–Trinajstić information content (AvgIpc) is 3.01. The molecule has 0 aliphatic heterocycles. The summed E-state index contributed by atoms with van der Waals surface area (Å²) in [5, 5.41) is 9.10. The van der Waals surface area contributed by atoms with Gasteiger partial charge in [-0.05, 0) is 72.8 Å². The molecule has 4 aromatic carbocycles. The molecular weight excluding hydrogens is 609 g/mol. The van der Waals surface area contributed by atoms with Crippen LogP contribution in [0.4, 0.5) is 11.4 Å². The number of amides is 3. The minimum atomic E-state index is -0.563. The standard InChI is InChI=1S/C32H27Cl2N3O5S/c1-41-24-12-14-29(42-2)21(15-24)16-28(37-31(39)20-7-4-3-5-8-20)32(40)35-23-9-6-10-25(18-23)43-19-30(38)36-27-13-11-22(33)17-26(27)34/h3-18H,19H2,1-2H3,(H,35,40)(H,36,38)(H,37,39)/b28-16+. The number of hydrogen-bond donors (Lipinski definition) is 3. The summed E-state index contributed by atoms with van der Waals surface area (Å²) in [6.07, 6.45) is 1.52. The Labute approximate surface area is 263 Å². The second-order valence-corrected chi connectivity index (χ2v) is 10.8. The van der Waals surface area contributed by atoms with Gasteiger partial charge in [-0.2, -0.15) is 0 Å². The molecule has 0 fully saturated rings. The zero-order chi connectivity index (χ0) is 30.8. The minimum absolute atomic E-state index is 0.0160. The van der Waals surface area contributed by atoms with Crippen molar-refractivity contribution in [3.63, 3.8) is 0 Å². The smallest absolute Gasteiger partial charge is 0.272 e. The highest BCUT2D eigenvalue weighted by atomic mass is 35.5. The summed E-state index contributed by atoms with van der Waals surface area (Å²) >= 11 is 13.3. The number of ether oxygens (including phenoxy) is 2. The topological polar surface area (TPSA) is 106 Å². The Hall–Kier alpha value is -4.44. The lowest BCUT2D eigenvalue weighted by Crippen LogP contribution is -2.30. The van der Waals surface area contributed by atoms with E-state index in [1.165, 1.54) is 32.1 Å². The molecule has 0 spiro atoms. The number of methoxy groups -OCH3 is 2. The molecule has 0 atom stereocenters. The molecule has 0 aliphatic rings. The van der Waals surface area contributed by atoms with E-state index in [1.54, 1.807) is 84.9 Å². The molecule has 3 N–H and O–H groups in total. The maximum absolute atomic E-state index is 13.5. The van der Waals surface area contributed by atoms with E-state index in [-0.39, 0.29) is 17.4 Å². The lowest BCUT2D eigenvalue weighted by molar-refractivity contribution is -0.114. The third-order valence-electron chi connectivity index (χ3n) is 5.93. The molecule has 43 heavy (non-hydrogen) atoms. The third kappa shape index (κ3) is 9.02. The SMILES string of the molecule is COc1ccc(OC)c(/C=C(/NC(=O)c2ccccc2)C(=O)Nc2cccc(SCC(=O)Nc3ccc(Cl)cc3Cl)c2)c1. The molecular formula is C32H27Cl2N3O5S. The van der Waals surface area contributed by atoms with E-state index >= 15 is 0 Å². The van der Waals surface area contributed by atoms with Crippen molar-refractivity contribution < 1.29 is 23.9 Å². The fraction of sp³-hybridized carbons (Fsp3) is 0.0938. The van der Waals surface area contributed by atoms with Crippen molar-refractivity contribution in [2.75, 3.05) is 30.6 Å². The first-order chi connectivity index (χ1) is 20.7. The summed E-state index contributed by atoms with van der Waals surface area (Å²) in [5.41, 5.74) is 1.82. The number of carbonyl (C=O) groups is 3. The Morgan fingerprint density at radius 1 is 0.837 bits per heavy atom. The van der Waals surface area contributed by atoms with Crippen LogP contribution in [0.3, 0.4) is 0 Å². The number of anilines is 2. The molecule has 220 valence electrons. The van der Waals surface area contributed by atoms with Gasteiger partial charge in [-0.25, -0.2) is 0 Å². The molecule has 0 heterocycles. The normalized spacial score (nSPS) is 10.9. The van der Waals surface area contributed by atoms with Crippen molar-refractivity contribution in [1.82, 2.24) is 5.32 Å². The Kier molecular flexibility index (Phi) is 11.1. The molecule has 4 aromatic rings. The van der Waals surface area contributed by atoms with E-state index < -0.39 is 11.8 Å². The summed E-state index contributed by atoms with van der Waals surface area (Å²) in [6.45, 7) is 0. The van der Waals surface area contributed by atoms with Crippen LogP contribution < -0.4 is 25.4 Å². The zero-order valence-electron chi connectivity index (χ0n) is 23.2. The van der Waals surface area contributed by atoms with Crippen molar-refractivity contribution in [3.8, 4) is 11.5 Å². The Bertz CT molecular complexity index is 1660. The summed E-state index contributed by atoms with van der Waals surface area (Å²) in [6, 6.07) is 25.5. The van der Waals surface area contributed by atoms with E-state index in [2.05, 4.69) is 16.0 Å². The average molecular weight is 637 g/mol. The molecule has 8 nitrogen and oxygen atoms in total. The number of halogens is 2. The van der Waals surface area contributed by atoms with Gasteiger partial charge in [-0.1, -0.05) is 47.5 Å². The summed E-state index contributed by atoms with van der Waals surface area (Å²) in [5.74, 6) is -0.148. The molecule has 0 aliphatic carbocycles. The lowest BCUT2D eigenvalue weighted by Gasteiger charge is -2.14.